The molecule has 2 rings (SSSR count). The number of hydrogen-bond donors (Lipinski definition) is 1. The zero-order valence-corrected chi connectivity index (χ0v) is 11.9. The standard InChI is InChI=1S/C14H24N4O/c1-16-9-10-17(2)13(12-16)11-15-6-8-18-7-4-3-5-14(18)19/h3-5,7,13,15H,6,8-12H2,1-2H3. The second-order valence-electron chi connectivity index (χ2n) is 5.33. The second kappa shape index (κ2) is 6.84. The molecule has 1 aromatic heterocycles. The number of rotatable bonds is 5. The van der Waals surface area contributed by atoms with E-state index in [9.17, 15) is 4.79 Å². The van der Waals surface area contributed by atoms with Crippen LogP contribution >= 0.6 is 0 Å². The van der Waals surface area contributed by atoms with Gasteiger partial charge in [-0.15, -0.1) is 0 Å². The highest BCUT2D eigenvalue weighted by Crippen LogP contribution is 2.04. The summed E-state index contributed by atoms with van der Waals surface area (Å²) >= 11 is 0. The molecule has 1 fully saturated rings. The molecule has 0 amide bonds. The summed E-state index contributed by atoms with van der Waals surface area (Å²) in [4.78, 5) is 16.3. The van der Waals surface area contributed by atoms with Crippen LogP contribution in [0.25, 0.3) is 0 Å². The van der Waals surface area contributed by atoms with Gasteiger partial charge in [0.2, 0.25) is 0 Å². The minimum Gasteiger partial charge on any atom is -0.314 e. The average Bonchev–Trinajstić information content (AvgIpc) is 2.40. The predicted octanol–water partition coefficient (Wildman–Crippen LogP) is -0.316. The van der Waals surface area contributed by atoms with Crippen molar-refractivity contribution in [3.63, 3.8) is 0 Å². The van der Waals surface area contributed by atoms with Crippen LogP contribution in [-0.4, -0.2) is 67.2 Å². The highest BCUT2D eigenvalue weighted by molar-refractivity contribution is 4.93. The molecule has 19 heavy (non-hydrogen) atoms. The van der Waals surface area contributed by atoms with Gasteiger partial charge in [-0.25, -0.2) is 0 Å². The van der Waals surface area contributed by atoms with Crippen molar-refractivity contribution < 1.29 is 0 Å². The van der Waals surface area contributed by atoms with Crippen LogP contribution in [0.2, 0.25) is 0 Å². The van der Waals surface area contributed by atoms with Crippen LogP contribution in [-0.2, 0) is 6.54 Å². The molecular weight excluding hydrogens is 240 g/mol. The Bertz CT molecular complexity index is 445. The van der Waals surface area contributed by atoms with E-state index in [2.05, 4.69) is 29.2 Å². The minimum absolute atomic E-state index is 0.0683. The summed E-state index contributed by atoms with van der Waals surface area (Å²) in [6.45, 7) is 5.91. The van der Waals surface area contributed by atoms with Crippen molar-refractivity contribution in [3.8, 4) is 0 Å². The summed E-state index contributed by atoms with van der Waals surface area (Å²) < 4.78 is 1.74. The molecular formula is C14H24N4O. The van der Waals surface area contributed by atoms with E-state index < -0.39 is 0 Å². The molecule has 106 valence electrons. The Morgan fingerprint density at radius 2 is 2.16 bits per heavy atom. The van der Waals surface area contributed by atoms with Gasteiger partial charge in [0.15, 0.2) is 0 Å². The third-order valence-electron chi connectivity index (χ3n) is 3.79. The van der Waals surface area contributed by atoms with Gasteiger partial charge in [-0.3, -0.25) is 9.69 Å². The number of piperazine rings is 1. The average molecular weight is 264 g/mol. The Morgan fingerprint density at radius 1 is 1.32 bits per heavy atom. The van der Waals surface area contributed by atoms with Crippen LogP contribution in [0.1, 0.15) is 0 Å². The summed E-state index contributed by atoms with van der Waals surface area (Å²) in [7, 11) is 4.35. The lowest BCUT2D eigenvalue weighted by Crippen LogP contribution is -2.54. The topological polar surface area (TPSA) is 40.5 Å². The lowest BCUT2D eigenvalue weighted by molar-refractivity contribution is 0.113. The van der Waals surface area contributed by atoms with E-state index in [-0.39, 0.29) is 5.56 Å². The smallest absolute Gasteiger partial charge is 0.250 e. The van der Waals surface area contributed by atoms with Gasteiger partial charge in [0.25, 0.3) is 5.56 Å². The zero-order chi connectivity index (χ0) is 13.7. The van der Waals surface area contributed by atoms with Gasteiger partial charge in [0.1, 0.15) is 0 Å². The number of likely N-dealkylation sites (N-methyl/N-ethyl adjacent to an activating group) is 2. The Balaban J connectivity index is 1.72. The maximum absolute atomic E-state index is 11.5. The van der Waals surface area contributed by atoms with Crippen molar-refractivity contribution >= 4 is 0 Å². The quantitative estimate of drug-likeness (QED) is 0.740. The maximum atomic E-state index is 11.5. The number of aromatic nitrogens is 1. The van der Waals surface area contributed by atoms with Crippen LogP contribution in [0.4, 0.5) is 0 Å². The van der Waals surface area contributed by atoms with Crippen molar-refractivity contribution in [1.29, 1.82) is 0 Å². The Morgan fingerprint density at radius 3 is 2.95 bits per heavy atom. The molecule has 0 saturated carbocycles. The SMILES string of the molecule is CN1CCN(C)C(CNCCn2ccccc2=O)C1. The third-order valence-corrected chi connectivity index (χ3v) is 3.79. The van der Waals surface area contributed by atoms with Crippen molar-refractivity contribution in [1.82, 2.24) is 19.7 Å². The van der Waals surface area contributed by atoms with Crippen molar-refractivity contribution in [2.24, 2.45) is 0 Å². The molecule has 1 aromatic rings. The zero-order valence-electron chi connectivity index (χ0n) is 11.9. The number of nitrogens with zero attached hydrogens (tertiary/aromatic N) is 3. The number of nitrogens with one attached hydrogen (secondary N) is 1. The van der Waals surface area contributed by atoms with Gasteiger partial charge in [-0.05, 0) is 20.2 Å². The normalized spacial score (nSPS) is 21.7. The molecule has 0 radical (unpaired) electrons. The first kappa shape index (κ1) is 14.2. The fourth-order valence-corrected chi connectivity index (χ4v) is 2.44. The maximum Gasteiger partial charge on any atom is 0.250 e. The van der Waals surface area contributed by atoms with E-state index in [1.807, 2.05) is 12.3 Å². The highest BCUT2D eigenvalue weighted by atomic mass is 16.1. The summed E-state index contributed by atoms with van der Waals surface area (Å²) in [6.07, 6.45) is 1.84. The second-order valence-corrected chi connectivity index (χ2v) is 5.33. The fourth-order valence-electron chi connectivity index (χ4n) is 2.44. The van der Waals surface area contributed by atoms with Crippen LogP contribution in [0.15, 0.2) is 29.2 Å². The van der Waals surface area contributed by atoms with Gasteiger partial charge < -0.3 is 14.8 Å². The van der Waals surface area contributed by atoms with Gasteiger partial charge in [0.05, 0.1) is 0 Å². The van der Waals surface area contributed by atoms with Gasteiger partial charge in [-0.1, -0.05) is 6.07 Å². The van der Waals surface area contributed by atoms with E-state index in [1.165, 1.54) is 0 Å². The van der Waals surface area contributed by atoms with Gasteiger partial charge in [0, 0.05) is 57.6 Å². The highest BCUT2D eigenvalue weighted by Gasteiger charge is 2.21. The van der Waals surface area contributed by atoms with Crippen LogP contribution < -0.4 is 10.9 Å². The fraction of sp³-hybridized carbons (Fsp3) is 0.643. The molecule has 1 saturated heterocycles. The molecule has 0 aliphatic carbocycles. The van der Waals surface area contributed by atoms with E-state index in [0.717, 1.165) is 39.3 Å². The van der Waals surface area contributed by atoms with Crippen LogP contribution in [0.5, 0.6) is 0 Å². The first-order valence-electron chi connectivity index (χ1n) is 6.92. The molecule has 1 N–H and O–H groups in total. The van der Waals surface area contributed by atoms with Crippen molar-refractivity contribution in [3.05, 3.63) is 34.7 Å². The van der Waals surface area contributed by atoms with Crippen molar-refractivity contribution in [2.75, 3.05) is 46.8 Å². The largest absolute Gasteiger partial charge is 0.314 e. The summed E-state index contributed by atoms with van der Waals surface area (Å²) in [5.41, 5.74) is 0.0683. The van der Waals surface area contributed by atoms with Crippen LogP contribution in [0, 0.1) is 0 Å². The van der Waals surface area contributed by atoms with Gasteiger partial charge >= 0.3 is 0 Å². The predicted molar refractivity (Wildman–Crippen MR) is 77.5 cm³/mol. The van der Waals surface area contributed by atoms with Crippen molar-refractivity contribution in [2.45, 2.75) is 12.6 Å². The summed E-state index contributed by atoms with van der Waals surface area (Å²) in [6, 6.07) is 5.83. The monoisotopic (exact) mass is 264 g/mol. The Kier molecular flexibility index (Phi) is 5.13. The molecule has 0 bridgehead atoms. The lowest BCUT2D eigenvalue weighted by Gasteiger charge is -2.37. The minimum atomic E-state index is 0.0683. The van der Waals surface area contributed by atoms with E-state index in [0.29, 0.717) is 6.04 Å². The molecule has 1 atom stereocenters. The summed E-state index contributed by atoms with van der Waals surface area (Å²) in [5.74, 6) is 0. The first-order valence-corrected chi connectivity index (χ1v) is 6.92. The van der Waals surface area contributed by atoms with E-state index >= 15 is 0 Å². The summed E-state index contributed by atoms with van der Waals surface area (Å²) in [5, 5.41) is 3.45. The molecule has 5 nitrogen and oxygen atoms in total. The molecule has 2 heterocycles. The first-order chi connectivity index (χ1) is 9.16. The van der Waals surface area contributed by atoms with E-state index in [4.69, 9.17) is 0 Å². The molecule has 1 aliphatic heterocycles. The molecule has 0 aromatic carbocycles. The Hall–Kier alpha value is -1.17. The van der Waals surface area contributed by atoms with E-state index in [1.54, 1.807) is 16.7 Å². The van der Waals surface area contributed by atoms with Gasteiger partial charge in [-0.2, -0.15) is 0 Å². The number of pyridine rings is 1. The Labute approximate surface area is 114 Å². The lowest BCUT2D eigenvalue weighted by atomic mass is 10.2. The molecule has 1 unspecified atom stereocenters. The molecule has 5 heteroatoms. The van der Waals surface area contributed by atoms with Crippen LogP contribution in [0.3, 0.4) is 0 Å². The molecule has 0 spiro atoms. The third kappa shape index (κ3) is 4.16. The number of hydrogen-bond acceptors (Lipinski definition) is 4. The molecule has 1 aliphatic rings.